The van der Waals surface area contributed by atoms with Gasteiger partial charge in [0.1, 0.15) is 23.7 Å². The number of aryl methyl sites for hydroxylation is 1. The normalized spacial score (nSPS) is 11.5. The summed E-state index contributed by atoms with van der Waals surface area (Å²) in [7, 11) is 1.51. The standard InChI is InChI=1S/C26H21F3O4/c1-16-3-5-17(6-4-16)13-22-24(21-12-11-20(31-2)14-23(21)33-25(22)30)32-15-18-7-9-19(10-8-18)26(27,28)29/h3-12,14H,13,15H2,1-2H3. The van der Waals surface area contributed by atoms with E-state index in [1.807, 2.05) is 31.2 Å². The molecule has 0 unspecified atom stereocenters. The molecular weight excluding hydrogens is 433 g/mol. The molecule has 0 atom stereocenters. The Labute approximate surface area is 188 Å². The van der Waals surface area contributed by atoms with Gasteiger partial charge in [0.2, 0.25) is 0 Å². The van der Waals surface area contributed by atoms with Crippen LogP contribution in [0.25, 0.3) is 11.0 Å². The van der Waals surface area contributed by atoms with E-state index in [2.05, 4.69) is 0 Å². The Balaban J connectivity index is 1.73. The molecule has 0 bridgehead atoms. The Bertz CT molecular complexity index is 1320. The smallest absolute Gasteiger partial charge is 0.416 e. The molecule has 0 N–H and O–H groups in total. The molecule has 0 amide bonds. The minimum absolute atomic E-state index is 0.0103. The quantitative estimate of drug-likeness (QED) is 0.321. The van der Waals surface area contributed by atoms with Crippen LogP contribution in [0.15, 0.2) is 75.9 Å². The summed E-state index contributed by atoms with van der Waals surface area (Å²) < 4.78 is 55.3. The monoisotopic (exact) mass is 454 g/mol. The third-order valence-electron chi connectivity index (χ3n) is 5.32. The number of hydrogen-bond acceptors (Lipinski definition) is 4. The molecule has 170 valence electrons. The van der Waals surface area contributed by atoms with E-state index in [-0.39, 0.29) is 13.0 Å². The lowest BCUT2D eigenvalue weighted by atomic mass is 10.0. The van der Waals surface area contributed by atoms with Crippen LogP contribution in [0.5, 0.6) is 11.5 Å². The molecule has 3 aromatic carbocycles. The Kier molecular flexibility index (Phi) is 6.14. The maximum atomic E-state index is 12.9. The minimum Gasteiger partial charge on any atom is -0.497 e. The van der Waals surface area contributed by atoms with Crippen molar-refractivity contribution >= 4 is 11.0 Å². The summed E-state index contributed by atoms with van der Waals surface area (Å²) >= 11 is 0. The molecule has 4 rings (SSSR count). The molecule has 0 saturated heterocycles. The van der Waals surface area contributed by atoms with Gasteiger partial charge in [0, 0.05) is 12.5 Å². The average molecular weight is 454 g/mol. The van der Waals surface area contributed by atoms with Gasteiger partial charge in [0.05, 0.1) is 23.6 Å². The topological polar surface area (TPSA) is 48.7 Å². The molecule has 4 aromatic rings. The molecule has 0 spiro atoms. The van der Waals surface area contributed by atoms with Crippen molar-refractivity contribution < 1.29 is 27.1 Å². The van der Waals surface area contributed by atoms with Crippen LogP contribution >= 0.6 is 0 Å². The number of alkyl halides is 3. The van der Waals surface area contributed by atoms with Crippen LogP contribution in [0.1, 0.15) is 27.8 Å². The van der Waals surface area contributed by atoms with Crippen molar-refractivity contribution in [3.05, 3.63) is 105 Å². The van der Waals surface area contributed by atoms with Crippen molar-refractivity contribution in [2.75, 3.05) is 7.11 Å². The number of rotatable bonds is 6. The summed E-state index contributed by atoms with van der Waals surface area (Å²) in [5.74, 6) is 0.856. The highest BCUT2D eigenvalue weighted by atomic mass is 19.4. The van der Waals surface area contributed by atoms with Crippen LogP contribution in [0.3, 0.4) is 0 Å². The number of fused-ring (bicyclic) bond motifs is 1. The van der Waals surface area contributed by atoms with Gasteiger partial charge in [-0.15, -0.1) is 0 Å². The second kappa shape index (κ2) is 9.02. The molecule has 0 aliphatic carbocycles. The molecule has 1 heterocycles. The molecule has 7 heteroatoms. The largest absolute Gasteiger partial charge is 0.497 e. The van der Waals surface area contributed by atoms with Crippen LogP contribution in [-0.2, 0) is 19.2 Å². The highest BCUT2D eigenvalue weighted by molar-refractivity contribution is 5.85. The fourth-order valence-corrected chi connectivity index (χ4v) is 3.49. The Morgan fingerprint density at radius 3 is 2.21 bits per heavy atom. The summed E-state index contributed by atoms with van der Waals surface area (Å²) in [4.78, 5) is 12.9. The van der Waals surface area contributed by atoms with E-state index >= 15 is 0 Å². The SMILES string of the molecule is COc1ccc2c(OCc3ccc(C(F)(F)F)cc3)c(Cc3ccc(C)cc3)c(=O)oc2c1. The summed E-state index contributed by atoms with van der Waals surface area (Å²) in [5.41, 5.74) is 1.90. The van der Waals surface area contributed by atoms with Crippen LogP contribution in [0.4, 0.5) is 13.2 Å². The second-order valence-corrected chi connectivity index (χ2v) is 7.71. The van der Waals surface area contributed by atoms with Crippen molar-refractivity contribution in [3.63, 3.8) is 0 Å². The highest BCUT2D eigenvalue weighted by Crippen LogP contribution is 2.33. The van der Waals surface area contributed by atoms with Crippen molar-refractivity contribution in [1.82, 2.24) is 0 Å². The van der Waals surface area contributed by atoms with Gasteiger partial charge in [-0.1, -0.05) is 42.0 Å². The fraction of sp³-hybridized carbons (Fsp3) is 0.192. The first kappa shape index (κ1) is 22.5. The lowest BCUT2D eigenvalue weighted by Gasteiger charge is -2.14. The summed E-state index contributed by atoms with van der Waals surface area (Å²) in [6.45, 7) is 1.96. The zero-order valence-corrected chi connectivity index (χ0v) is 18.0. The Hall–Kier alpha value is -3.74. The van der Waals surface area contributed by atoms with E-state index in [1.165, 1.54) is 19.2 Å². The van der Waals surface area contributed by atoms with Gasteiger partial charge in [0.25, 0.3) is 0 Å². The van der Waals surface area contributed by atoms with Gasteiger partial charge in [-0.2, -0.15) is 13.2 Å². The van der Waals surface area contributed by atoms with Gasteiger partial charge < -0.3 is 13.9 Å². The van der Waals surface area contributed by atoms with Crippen LogP contribution in [-0.4, -0.2) is 7.11 Å². The summed E-state index contributed by atoms with van der Waals surface area (Å²) in [5, 5.41) is 0.574. The van der Waals surface area contributed by atoms with Crippen molar-refractivity contribution in [2.24, 2.45) is 0 Å². The van der Waals surface area contributed by atoms with Gasteiger partial charge in [-0.05, 0) is 42.3 Å². The number of ether oxygens (including phenoxy) is 2. The Morgan fingerprint density at radius 2 is 1.58 bits per heavy atom. The third kappa shape index (κ3) is 5.03. The molecule has 0 fully saturated rings. The van der Waals surface area contributed by atoms with Crippen LogP contribution < -0.4 is 15.1 Å². The van der Waals surface area contributed by atoms with E-state index in [4.69, 9.17) is 13.9 Å². The molecule has 0 saturated carbocycles. The van der Waals surface area contributed by atoms with E-state index < -0.39 is 17.4 Å². The molecule has 0 aliphatic rings. The summed E-state index contributed by atoms with van der Waals surface area (Å²) in [6, 6.07) is 17.5. The van der Waals surface area contributed by atoms with E-state index in [1.54, 1.807) is 18.2 Å². The number of halogens is 3. The Morgan fingerprint density at radius 1 is 0.909 bits per heavy atom. The van der Waals surface area contributed by atoms with Gasteiger partial charge in [0.15, 0.2) is 0 Å². The maximum Gasteiger partial charge on any atom is 0.416 e. The van der Waals surface area contributed by atoms with Gasteiger partial charge in [-0.3, -0.25) is 0 Å². The number of methoxy groups -OCH3 is 1. The highest BCUT2D eigenvalue weighted by Gasteiger charge is 2.30. The maximum absolute atomic E-state index is 12.9. The van der Waals surface area contributed by atoms with Crippen molar-refractivity contribution in [2.45, 2.75) is 26.1 Å². The van der Waals surface area contributed by atoms with Gasteiger partial charge >= 0.3 is 11.8 Å². The molecule has 0 aliphatic heterocycles. The molecular formula is C26H21F3O4. The lowest BCUT2D eigenvalue weighted by Crippen LogP contribution is -2.12. The van der Waals surface area contributed by atoms with E-state index in [0.717, 1.165) is 23.3 Å². The van der Waals surface area contributed by atoms with Crippen molar-refractivity contribution in [3.8, 4) is 11.5 Å². The predicted molar refractivity (Wildman–Crippen MR) is 119 cm³/mol. The molecule has 33 heavy (non-hydrogen) atoms. The first-order chi connectivity index (χ1) is 15.7. The van der Waals surface area contributed by atoms with E-state index in [0.29, 0.717) is 33.6 Å². The minimum atomic E-state index is -4.41. The number of benzene rings is 3. The van der Waals surface area contributed by atoms with Crippen LogP contribution in [0.2, 0.25) is 0 Å². The summed E-state index contributed by atoms with van der Waals surface area (Å²) in [6.07, 6.45) is -4.12. The molecule has 0 radical (unpaired) electrons. The lowest BCUT2D eigenvalue weighted by molar-refractivity contribution is -0.137. The van der Waals surface area contributed by atoms with Gasteiger partial charge in [-0.25, -0.2) is 4.79 Å². The third-order valence-corrected chi connectivity index (χ3v) is 5.32. The van der Waals surface area contributed by atoms with E-state index in [9.17, 15) is 18.0 Å². The fourth-order valence-electron chi connectivity index (χ4n) is 3.49. The van der Waals surface area contributed by atoms with Crippen LogP contribution in [0, 0.1) is 6.92 Å². The first-order valence-corrected chi connectivity index (χ1v) is 10.2. The average Bonchev–Trinajstić information content (AvgIpc) is 2.79. The zero-order valence-electron chi connectivity index (χ0n) is 18.0. The number of hydrogen-bond donors (Lipinski definition) is 0. The zero-order chi connectivity index (χ0) is 23.6. The molecule has 1 aromatic heterocycles. The first-order valence-electron chi connectivity index (χ1n) is 10.2. The van der Waals surface area contributed by atoms with Crippen molar-refractivity contribution in [1.29, 1.82) is 0 Å². The second-order valence-electron chi connectivity index (χ2n) is 7.71. The predicted octanol–water partition coefficient (Wildman–Crippen LogP) is 6.30. The molecule has 4 nitrogen and oxygen atoms in total.